The van der Waals surface area contributed by atoms with Crippen LogP contribution in [0.4, 0.5) is 0 Å². The van der Waals surface area contributed by atoms with Crippen LogP contribution in [0.1, 0.15) is 37.3 Å². The molecule has 0 spiro atoms. The Morgan fingerprint density at radius 3 is 2.94 bits per heavy atom. The molecule has 2 aromatic rings. The van der Waals surface area contributed by atoms with Gasteiger partial charge in [-0.15, -0.1) is 0 Å². The molecule has 0 radical (unpaired) electrons. The van der Waals surface area contributed by atoms with E-state index >= 15 is 0 Å². The first-order valence-corrected chi connectivity index (χ1v) is 6.51. The molecule has 1 heteroatoms. The zero-order valence-electron chi connectivity index (χ0n) is 10.6. The van der Waals surface area contributed by atoms with Crippen molar-refractivity contribution in [3.8, 4) is 0 Å². The van der Waals surface area contributed by atoms with E-state index in [2.05, 4.69) is 49.3 Å². The van der Waals surface area contributed by atoms with Crippen LogP contribution >= 0.6 is 0 Å². The number of aryl methyl sites for hydroxylation is 1. The topological polar surface area (TPSA) is 15.8 Å². The average molecular weight is 225 g/mol. The largest absolute Gasteiger partial charge is 0.361 e. The Labute approximate surface area is 103 Å². The van der Waals surface area contributed by atoms with Gasteiger partial charge in [0.25, 0.3) is 0 Å². The minimum absolute atomic E-state index is 0.853. The molecule has 1 heterocycles. The molecule has 1 aliphatic carbocycles. The SMILES string of the molecule is Cc1ccc2c(C3=CCC(C)CC3)c[nH]c2c1. The summed E-state index contributed by atoms with van der Waals surface area (Å²) in [6, 6.07) is 6.67. The number of allylic oxidation sites excluding steroid dienone is 2. The molecule has 1 atom stereocenters. The Morgan fingerprint density at radius 2 is 2.18 bits per heavy atom. The summed E-state index contributed by atoms with van der Waals surface area (Å²) in [5.74, 6) is 0.853. The number of nitrogens with one attached hydrogen (secondary N) is 1. The van der Waals surface area contributed by atoms with E-state index < -0.39 is 0 Å². The van der Waals surface area contributed by atoms with Gasteiger partial charge >= 0.3 is 0 Å². The van der Waals surface area contributed by atoms with Gasteiger partial charge in [-0.1, -0.05) is 25.1 Å². The molecule has 1 aromatic carbocycles. The lowest BCUT2D eigenvalue weighted by Crippen LogP contribution is -2.00. The van der Waals surface area contributed by atoms with Crippen molar-refractivity contribution >= 4 is 16.5 Å². The zero-order chi connectivity index (χ0) is 11.8. The van der Waals surface area contributed by atoms with Crippen molar-refractivity contribution < 1.29 is 0 Å². The summed E-state index contributed by atoms with van der Waals surface area (Å²) < 4.78 is 0. The normalized spacial score (nSPS) is 20.6. The van der Waals surface area contributed by atoms with Crippen LogP contribution in [0.25, 0.3) is 16.5 Å². The maximum Gasteiger partial charge on any atom is 0.0462 e. The third-order valence-corrected chi connectivity index (χ3v) is 3.86. The Hall–Kier alpha value is -1.50. The van der Waals surface area contributed by atoms with Crippen molar-refractivity contribution in [3.63, 3.8) is 0 Å². The zero-order valence-corrected chi connectivity index (χ0v) is 10.6. The molecule has 0 fully saturated rings. The number of hydrogen-bond donors (Lipinski definition) is 1. The quantitative estimate of drug-likeness (QED) is 0.725. The summed E-state index contributed by atoms with van der Waals surface area (Å²) in [7, 11) is 0. The lowest BCUT2D eigenvalue weighted by atomic mass is 9.87. The lowest BCUT2D eigenvalue weighted by molar-refractivity contribution is 0.534. The van der Waals surface area contributed by atoms with E-state index in [1.165, 1.54) is 46.9 Å². The van der Waals surface area contributed by atoms with Gasteiger partial charge in [-0.2, -0.15) is 0 Å². The molecule has 1 aliphatic rings. The smallest absolute Gasteiger partial charge is 0.0462 e. The molecule has 88 valence electrons. The number of fused-ring (bicyclic) bond motifs is 1. The second-order valence-electron chi connectivity index (χ2n) is 5.36. The fraction of sp³-hybridized carbons (Fsp3) is 0.375. The highest BCUT2D eigenvalue weighted by molar-refractivity contribution is 5.93. The highest BCUT2D eigenvalue weighted by Gasteiger charge is 2.14. The van der Waals surface area contributed by atoms with Gasteiger partial charge in [-0.3, -0.25) is 0 Å². The summed E-state index contributed by atoms with van der Waals surface area (Å²) in [5.41, 5.74) is 5.52. The molecule has 0 saturated carbocycles. The van der Waals surface area contributed by atoms with Gasteiger partial charge in [0.15, 0.2) is 0 Å². The monoisotopic (exact) mass is 225 g/mol. The molecule has 1 aromatic heterocycles. The Balaban J connectivity index is 2.06. The maximum absolute atomic E-state index is 3.40. The van der Waals surface area contributed by atoms with Crippen molar-refractivity contribution in [2.24, 2.45) is 5.92 Å². The van der Waals surface area contributed by atoms with Crippen LogP contribution in [0.15, 0.2) is 30.5 Å². The number of H-pyrrole nitrogens is 1. The van der Waals surface area contributed by atoms with Gasteiger partial charge in [0.1, 0.15) is 0 Å². The number of rotatable bonds is 1. The highest BCUT2D eigenvalue weighted by atomic mass is 14.7. The first-order chi connectivity index (χ1) is 8.24. The average Bonchev–Trinajstić information content (AvgIpc) is 2.73. The highest BCUT2D eigenvalue weighted by Crippen LogP contribution is 2.33. The molecule has 0 bridgehead atoms. The third-order valence-electron chi connectivity index (χ3n) is 3.86. The molecule has 1 nitrogen and oxygen atoms in total. The van der Waals surface area contributed by atoms with Crippen LogP contribution in [0.3, 0.4) is 0 Å². The molecule has 3 rings (SSSR count). The molecular formula is C16H19N. The Bertz CT molecular complexity index is 574. The van der Waals surface area contributed by atoms with Crippen LogP contribution in [-0.4, -0.2) is 4.98 Å². The Kier molecular flexibility index (Phi) is 2.54. The molecule has 1 unspecified atom stereocenters. The van der Waals surface area contributed by atoms with Crippen molar-refractivity contribution in [1.82, 2.24) is 4.98 Å². The van der Waals surface area contributed by atoms with Crippen LogP contribution in [0.2, 0.25) is 0 Å². The van der Waals surface area contributed by atoms with Gasteiger partial charge < -0.3 is 4.98 Å². The number of hydrogen-bond acceptors (Lipinski definition) is 0. The van der Waals surface area contributed by atoms with E-state index in [-0.39, 0.29) is 0 Å². The van der Waals surface area contributed by atoms with Crippen molar-refractivity contribution in [1.29, 1.82) is 0 Å². The van der Waals surface area contributed by atoms with E-state index in [0.29, 0.717) is 0 Å². The second kappa shape index (κ2) is 4.06. The van der Waals surface area contributed by atoms with E-state index in [1.807, 2.05) is 0 Å². The summed E-state index contributed by atoms with van der Waals surface area (Å²) in [6.07, 6.45) is 8.38. The number of aromatic amines is 1. The maximum atomic E-state index is 3.40. The predicted molar refractivity (Wildman–Crippen MR) is 74.0 cm³/mol. The van der Waals surface area contributed by atoms with Crippen molar-refractivity contribution in [2.45, 2.75) is 33.1 Å². The molecule has 0 saturated heterocycles. The van der Waals surface area contributed by atoms with Crippen LogP contribution < -0.4 is 0 Å². The van der Waals surface area contributed by atoms with E-state index in [1.54, 1.807) is 0 Å². The first-order valence-electron chi connectivity index (χ1n) is 6.51. The minimum Gasteiger partial charge on any atom is -0.361 e. The molecular weight excluding hydrogens is 206 g/mol. The number of aromatic nitrogens is 1. The molecule has 0 amide bonds. The summed E-state index contributed by atoms with van der Waals surface area (Å²) in [5, 5.41) is 1.37. The van der Waals surface area contributed by atoms with Crippen LogP contribution in [-0.2, 0) is 0 Å². The fourth-order valence-electron chi connectivity index (χ4n) is 2.72. The summed E-state index contributed by atoms with van der Waals surface area (Å²) in [4.78, 5) is 3.40. The second-order valence-corrected chi connectivity index (χ2v) is 5.36. The van der Waals surface area contributed by atoms with Gasteiger partial charge in [0.05, 0.1) is 0 Å². The van der Waals surface area contributed by atoms with E-state index in [4.69, 9.17) is 0 Å². The van der Waals surface area contributed by atoms with E-state index in [0.717, 1.165) is 5.92 Å². The van der Waals surface area contributed by atoms with Gasteiger partial charge in [0, 0.05) is 22.7 Å². The van der Waals surface area contributed by atoms with Crippen molar-refractivity contribution in [3.05, 3.63) is 41.6 Å². The lowest BCUT2D eigenvalue weighted by Gasteiger charge is -2.17. The van der Waals surface area contributed by atoms with Gasteiger partial charge in [-0.05, 0) is 49.3 Å². The van der Waals surface area contributed by atoms with Crippen LogP contribution in [0, 0.1) is 12.8 Å². The standard InChI is InChI=1S/C16H19N/c1-11-3-6-13(7-4-11)15-10-17-16-9-12(2)5-8-14(15)16/h5-6,8-11,17H,3-4,7H2,1-2H3. The molecule has 0 aliphatic heterocycles. The fourth-order valence-corrected chi connectivity index (χ4v) is 2.72. The summed E-state index contributed by atoms with van der Waals surface area (Å²) >= 11 is 0. The van der Waals surface area contributed by atoms with Gasteiger partial charge in [0.2, 0.25) is 0 Å². The van der Waals surface area contributed by atoms with Crippen LogP contribution in [0.5, 0.6) is 0 Å². The number of benzene rings is 1. The third kappa shape index (κ3) is 1.90. The summed E-state index contributed by atoms with van der Waals surface area (Å²) in [6.45, 7) is 4.48. The molecule has 17 heavy (non-hydrogen) atoms. The minimum atomic E-state index is 0.853. The van der Waals surface area contributed by atoms with Crippen molar-refractivity contribution in [2.75, 3.05) is 0 Å². The Morgan fingerprint density at radius 1 is 1.29 bits per heavy atom. The first kappa shape index (κ1) is 10.6. The van der Waals surface area contributed by atoms with Gasteiger partial charge in [-0.25, -0.2) is 0 Å². The molecule has 1 N–H and O–H groups in total. The predicted octanol–water partition coefficient (Wildman–Crippen LogP) is 4.68. The van der Waals surface area contributed by atoms with E-state index in [9.17, 15) is 0 Å².